The van der Waals surface area contributed by atoms with Crippen molar-refractivity contribution in [1.29, 1.82) is 0 Å². The molecule has 130 valence electrons. The van der Waals surface area contributed by atoms with Crippen molar-refractivity contribution >= 4 is 0 Å². The minimum atomic E-state index is -0.175. The number of hydrogen-bond donors (Lipinski definition) is 1. The van der Waals surface area contributed by atoms with Gasteiger partial charge in [0, 0.05) is 13.1 Å². The van der Waals surface area contributed by atoms with Gasteiger partial charge in [-0.3, -0.25) is 0 Å². The van der Waals surface area contributed by atoms with Crippen LogP contribution < -0.4 is 14.8 Å². The predicted molar refractivity (Wildman–Crippen MR) is 96.8 cm³/mol. The molecule has 2 unspecified atom stereocenters. The zero-order valence-electron chi connectivity index (χ0n) is 13.4. The fraction of sp³-hybridized carbons (Fsp3) is 0.400. The zero-order chi connectivity index (χ0) is 15.9. The molecule has 24 heavy (non-hydrogen) atoms. The zero-order valence-corrected chi connectivity index (χ0v) is 13.4. The molecule has 3 rings (SSSR count). The van der Waals surface area contributed by atoms with Crippen molar-refractivity contribution in [3.8, 4) is 11.5 Å². The third kappa shape index (κ3) is 4.49. The van der Waals surface area contributed by atoms with E-state index in [9.17, 15) is 0 Å². The van der Waals surface area contributed by atoms with Gasteiger partial charge < -0.3 is 19.5 Å². The average Bonchev–Trinajstić information content (AvgIpc) is 2.63. The van der Waals surface area contributed by atoms with Gasteiger partial charge in [0.05, 0.1) is 13.2 Å². The van der Waals surface area contributed by atoms with Crippen LogP contribution in [0.2, 0.25) is 0 Å². The summed E-state index contributed by atoms with van der Waals surface area (Å²) < 4.78 is 18.0. The maximum atomic E-state index is 6.33. The standard InChI is InChI=1S/C19H23NO3.CH4/c1-2-21-16-10-6-7-11-17(16)23-19(15-8-4-3-5-9-15)18-14-20-12-13-22-18;/h3-11,18-20H,2,12-14H2,1H3;1H4. The van der Waals surface area contributed by atoms with Gasteiger partial charge in [0.15, 0.2) is 17.6 Å². The minimum Gasteiger partial charge on any atom is -0.490 e. The molecule has 0 bridgehead atoms. The molecule has 2 aromatic carbocycles. The molecule has 1 fully saturated rings. The summed E-state index contributed by atoms with van der Waals surface area (Å²) in [4.78, 5) is 0. The second kappa shape index (κ2) is 9.30. The predicted octanol–water partition coefficient (Wildman–Crippen LogP) is 3.83. The Morgan fingerprint density at radius 3 is 2.46 bits per heavy atom. The Kier molecular flexibility index (Phi) is 7.09. The molecule has 2 atom stereocenters. The Hall–Kier alpha value is -2.04. The number of hydrogen-bond acceptors (Lipinski definition) is 4. The third-order valence-corrected chi connectivity index (χ3v) is 3.83. The first-order chi connectivity index (χ1) is 11.4. The fourth-order valence-corrected chi connectivity index (χ4v) is 2.74. The summed E-state index contributed by atoms with van der Waals surface area (Å²) in [6.45, 7) is 4.94. The van der Waals surface area contributed by atoms with Crippen LogP contribution >= 0.6 is 0 Å². The molecule has 0 radical (unpaired) electrons. The van der Waals surface area contributed by atoms with Gasteiger partial charge in [0.2, 0.25) is 0 Å². The molecule has 0 aliphatic carbocycles. The van der Waals surface area contributed by atoms with Gasteiger partial charge in [-0.1, -0.05) is 49.9 Å². The molecule has 1 N–H and O–H groups in total. The summed E-state index contributed by atoms with van der Waals surface area (Å²) in [5, 5.41) is 3.37. The normalized spacial score (nSPS) is 18.3. The lowest BCUT2D eigenvalue weighted by atomic mass is 10.0. The summed E-state index contributed by atoms with van der Waals surface area (Å²) in [7, 11) is 0. The number of nitrogens with one attached hydrogen (secondary N) is 1. The average molecular weight is 329 g/mol. The maximum absolute atomic E-state index is 6.33. The van der Waals surface area contributed by atoms with Gasteiger partial charge in [0.25, 0.3) is 0 Å². The van der Waals surface area contributed by atoms with E-state index in [1.165, 1.54) is 0 Å². The topological polar surface area (TPSA) is 39.7 Å². The quantitative estimate of drug-likeness (QED) is 0.874. The molecule has 2 aromatic rings. The van der Waals surface area contributed by atoms with Crippen molar-refractivity contribution < 1.29 is 14.2 Å². The van der Waals surface area contributed by atoms with Gasteiger partial charge in [-0.2, -0.15) is 0 Å². The number of rotatable bonds is 6. The Bertz CT molecular complexity index is 597. The summed E-state index contributed by atoms with van der Waals surface area (Å²) >= 11 is 0. The first-order valence-electron chi connectivity index (χ1n) is 8.14. The van der Waals surface area contributed by atoms with Crippen LogP contribution in [0.5, 0.6) is 11.5 Å². The molecule has 0 aromatic heterocycles. The summed E-state index contributed by atoms with van der Waals surface area (Å²) in [5.74, 6) is 1.51. The Labute approximate surface area is 144 Å². The second-order valence-electron chi connectivity index (χ2n) is 5.44. The highest BCUT2D eigenvalue weighted by Gasteiger charge is 2.28. The fourth-order valence-electron chi connectivity index (χ4n) is 2.74. The van der Waals surface area contributed by atoms with E-state index < -0.39 is 0 Å². The molecular weight excluding hydrogens is 302 g/mol. The molecule has 0 saturated carbocycles. The maximum Gasteiger partial charge on any atom is 0.162 e. The number of benzene rings is 2. The Morgan fingerprint density at radius 2 is 1.79 bits per heavy atom. The van der Waals surface area contributed by atoms with Crippen LogP contribution in [0.25, 0.3) is 0 Å². The highest BCUT2D eigenvalue weighted by molar-refractivity contribution is 5.40. The van der Waals surface area contributed by atoms with E-state index >= 15 is 0 Å². The largest absolute Gasteiger partial charge is 0.490 e. The molecule has 1 aliphatic heterocycles. The van der Waals surface area contributed by atoms with E-state index in [1.54, 1.807) is 0 Å². The van der Waals surface area contributed by atoms with Gasteiger partial charge in [-0.15, -0.1) is 0 Å². The first-order valence-corrected chi connectivity index (χ1v) is 8.14. The van der Waals surface area contributed by atoms with Crippen molar-refractivity contribution in [2.45, 2.75) is 26.6 Å². The molecule has 1 saturated heterocycles. The van der Waals surface area contributed by atoms with Gasteiger partial charge in [0.1, 0.15) is 6.10 Å². The monoisotopic (exact) mass is 329 g/mol. The molecular formula is C20H27NO3. The second-order valence-corrected chi connectivity index (χ2v) is 5.44. The highest BCUT2D eigenvalue weighted by Crippen LogP contribution is 2.33. The van der Waals surface area contributed by atoms with E-state index in [-0.39, 0.29) is 19.6 Å². The van der Waals surface area contributed by atoms with Crippen molar-refractivity contribution in [1.82, 2.24) is 5.32 Å². The van der Waals surface area contributed by atoms with E-state index in [1.807, 2.05) is 49.4 Å². The first kappa shape index (κ1) is 18.3. The van der Waals surface area contributed by atoms with E-state index in [0.29, 0.717) is 13.2 Å². The SMILES string of the molecule is C.CCOc1ccccc1OC(c1ccccc1)C1CNCCO1. The van der Waals surface area contributed by atoms with Crippen LogP contribution in [-0.2, 0) is 4.74 Å². The van der Waals surface area contributed by atoms with Gasteiger partial charge in [-0.05, 0) is 24.6 Å². The van der Waals surface area contributed by atoms with E-state index in [4.69, 9.17) is 14.2 Å². The van der Waals surface area contributed by atoms with Crippen LogP contribution in [0.15, 0.2) is 54.6 Å². The van der Waals surface area contributed by atoms with Crippen LogP contribution in [0.3, 0.4) is 0 Å². The van der Waals surface area contributed by atoms with Gasteiger partial charge in [-0.25, -0.2) is 0 Å². The summed E-state index contributed by atoms with van der Waals surface area (Å²) in [5.41, 5.74) is 1.10. The smallest absolute Gasteiger partial charge is 0.162 e. The number of para-hydroxylation sites is 2. The molecule has 0 spiro atoms. The Balaban J connectivity index is 0.00000208. The van der Waals surface area contributed by atoms with Crippen LogP contribution in [-0.4, -0.2) is 32.4 Å². The lowest BCUT2D eigenvalue weighted by molar-refractivity contribution is -0.0439. The summed E-state index contributed by atoms with van der Waals surface area (Å²) in [6.07, 6.45) is -0.202. The van der Waals surface area contributed by atoms with Gasteiger partial charge >= 0.3 is 0 Å². The molecule has 4 nitrogen and oxygen atoms in total. The van der Waals surface area contributed by atoms with Crippen LogP contribution in [0.4, 0.5) is 0 Å². The van der Waals surface area contributed by atoms with Crippen LogP contribution in [0.1, 0.15) is 26.0 Å². The van der Waals surface area contributed by atoms with Crippen LogP contribution in [0, 0.1) is 0 Å². The third-order valence-electron chi connectivity index (χ3n) is 3.83. The van der Waals surface area contributed by atoms with E-state index in [0.717, 1.165) is 30.2 Å². The molecule has 1 aliphatic rings. The lowest BCUT2D eigenvalue weighted by Crippen LogP contribution is -2.43. The molecule has 4 heteroatoms. The van der Waals surface area contributed by atoms with Crippen molar-refractivity contribution in [2.75, 3.05) is 26.3 Å². The van der Waals surface area contributed by atoms with Crippen molar-refractivity contribution in [3.05, 3.63) is 60.2 Å². The van der Waals surface area contributed by atoms with Crippen molar-refractivity contribution in [3.63, 3.8) is 0 Å². The van der Waals surface area contributed by atoms with E-state index in [2.05, 4.69) is 17.4 Å². The number of ether oxygens (including phenoxy) is 3. The lowest BCUT2D eigenvalue weighted by Gasteiger charge is -2.32. The molecule has 0 amide bonds. The Morgan fingerprint density at radius 1 is 1.08 bits per heavy atom. The minimum absolute atomic E-state index is 0. The van der Waals surface area contributed by atoms with Crippen molar-refractivity contribution in [2.24, 2.45) is 0 Å². The number of morpholine rings is 1. The summed E-state index contributed by atoms with van der Waals surface area (Å²) in [6, 6.07) is 18.0. The molecule has 1 heterocycles. The highest BCUT2D eigenvalue weighted by atomic mass is 16.6.